The number of carbonyl (C=O) groups is 1. The Morgan fingerprint density at radius 1 is 1.17 bits per heavy atom. The number of hydrogen-bond acceptors (Lipinski definition) is 4. The van der Waals surface area contributed by atoms with Crippen LogP contribution >= 0.6 is 34.8 Å². The van der Waals surface area contributed by atoms with E-state index in [1.807, 2.05) is 18.2 Å². The summed E-state index contributed by atoms with van der Waals surface area (Å²) in [6.07, 6.45) is 1.49. The Morgan fingerprint density at radius 2 is 1.92 bits per heavy atom. The summed E-state index contributed by atoms with van der Waals surface area (Å²) in [5.74, 6) is 0.511. The second-order valence-electron chi connectivity index (χ2n) is 4.56. The van der Waals surface area contributed by atoms with Gasteiger partial charge in [0, 0.05) is 6.07 Å². The summed E-state index contributed by atoms with van der Waals surface area (Å²) in [4.78, 5) is 11.7. The molecule has 5 nitrogen and oxygen atoms in total. The number of hydrogen-bond donors (Lipinski definition) is 1. The largest absolute Gasteiger partial charge is 0.497 e. The fraction of sp³-hybridized carbons (Fsp3) is 0.125. The number of ether oxygens (including phenoxy) is 2. The van der Waals surface area contributed by atoms with Gasteiger partial charge in [-0.15, -0.1) is 0 Å². The Labute approximate surface area is 154 Å². The average molecular weight is 388 g/mol. The van der Waals surface area contributed by atoms with E-state index in [1.54, 1.807) is 13.2 Å². The number of benzene rings is 2. The van der Waals surface area contributed by atoms with E-state index >= 15 is 0 Å². The normalized spacial score (nSPS) is 10.7. The Hall–Kier alpha value is -1.95. The fourth-order valence-electron chi connectivity index (χ4n) is 1.69. The van der Waals surface area contributed by atoms with E-state index in [0.29, 0.717) is 10.8 Å². The third-order valence-electron chi connectivity index (χ3n) is 2.83. The molecule has 0 fully saturated rings. The van der Waals surface area contributed by atoms with Crippen LogP contribution in [0.15, 0.2) is 41.5 Å². The van der Waals surface area contributed by atoms with Crippen molar-refractivity contribution < 1.29 is 14.3 Å². The first-order valence-electron chi connectivity index (χ1n) is 6.73. The van der Waals surface area contributed by atoms with Gasteiger partial charge in [0.05, 0.1) is 28.4 Å². The van der Waals surface area contributed by atoms with Crippen molar-refractivity contribution in [1.29, 1.82) is 0 Å². The molecule has 2 rings (SSSR count). The number of rotatable bonds is 6. The molecule has 2 aromatic carbocycles. The zero-order chi connectivity index (χ0) is 17.5. The van der Waals surface area contributed by atoms with Crippen molar-refractivity contribution >= 4 is 46.9 Å². The SMILES string of the molecule is COc1cccc(/C=N\NC(=O)COc2cc(Cl)c(Cl)cc2Cl)c1. The summed E-state index contributed by atoms with van der Waals surface area (Å²) in [5, 5.41) is 4.70. The molecule has 0 saturated heterocycles. The number of halogens is 3. The first-order valence-corrected chi connectivity index (χ1v) is 7.86. The van der Waals surface area contributed by atoms with Crippen molar-refractivity contribution in [2.24, 2.45) is 5.10 Å². The van der Waals surface area contributed by atoms with Gasteiger partial charge in [-0.05, 0) is 23.8 Å². The molecule has 0 radical (unpaired) electrons. The highest BCUT2D eigenvalue weighted by Gasteiger charge is 2.09. The van der Waals surface area contributed by atoms with Crippen molar-refractivity contribution in [3.05, 3.63) is 57.0 Å². The Kier molecular flexibility index (Phi) is 6.73. The molecular formula is C16H13Cl3N2O3. The highest BCUT2D eigenvalue weighted by Crippen LogP contribution is 2.33. The summed E-state index contributed by atoms with van der Waals surface area (Å²) in [6.45, 7) is -0.271. The highest BCUT2D eigenvalue weighted by molar-refractivity contribution is 6.43. The summed E-state index contributed by atoms with van der Waals surface area (Å²) < 4.78 is 10.4. The lowest BCUT2D eigenvalue weighted by atomic mass is 10.2. The molecule has 1 N–H and O–H groups in total. The number of nitrogens with zero attached hydrogens (tertiary/aromatic N) is 1. The fourth-order valence-corrected chi connectivity index (χ4v) is 2.28. The number of carbonyl (C=O) groups excluding carboxylic acids is 1. The van der Waals surface area contributed by atoms with Gasteiger partial charge in [0.1, 0.15) is 11.5 Å². The molecule has 0 heterocycles. The van der Waals surface area contributed by atoms with Gasteiger partial charge in [-0.2, -0.15) is 5.10 Å². The van der Waals surface area contributed by atoms with Crippen molar-refractivity contribution in [3.8, 4) is 11.5 Å². The van der Waals surface area contributed by atoms with Gasteiger partial charge in [0.25, 0.3) is 5.91 Å². The van der Waals surface area contributed by atoms with E-state index in [1.165, 1.54) is 18.3 Å². The van der Waals surface area contributed by atoms with Crippen LogP contribution in [0.3, 0.4) is 0 Å². The van der Waals surface area contributed by atoms with E-state index < -0.39 is 5.91 Å². The molecule has 2 aromatic rings. The quantitative estimate of drug-likeness (QED) is 0.459. The molecule has 0 bridgehead atoms. The van der Waals surface area contributed by atoms with Crippen LogP contribution in [0.25, 0.3) is 0 Å². The molecule has 0 aliphatic carbocycles. The molecule has 0 saturated carbocycles. The molecule has 1 amide bonds. The van der Waals surface area contributed by atoms with Crippen molar-refractivity contribution in [2.45, 2.75) is 0 Å². The second-order valence-corrected chi connectivity index (χ2v) is 5.78. The standard InChI is InChI=1S/C16H13Cl3N2O3/c1-23-11-4-2-3-10(5-11)8-20-21-16(22)9-24-15-7-13(18)12(17)6-14(15)19/h2-8H,9H2,1H3,(H,21,22)/b20-8-. The maximum Gasteiger partial charge on any atom is 0.277 e. The minimum atomic E-state index is -0.448. The van der Waals surface area contributed by atoms with Gasteiger partial charge in [-0.25, -0.2) is 5.43 Å². The van der Waals surface area contributed by atoms with Crippen LogP contribution in [0.5, 0.6) is 11.5 Å². The molecule has 126 valence electrons. The first kappa shape index (κ1) is 18.4. The number of amides is 1. The molecule has 24 heavy (non-hydrogen) atoms. The van der Waals surface area contributed by atoms with Crippen molar-refractivity contribution in [2.75, 3.05) is 13.7 Å². The summed E-state index contributed by atoms with van der Waals surface area (Å²) >= 11 is 17.6. The van der Waals surface area contributed by atoms with Crippen molar-refractivity contribution in [3.63, 3.8) is 0 Å². The van der Waals surface area contributed by atoms with Gasteiger partial charge in [0.15, 0.2) is 6.61 Å². The number of hydrazone groups is 1. The van der Waals surface area contributed by atoms with Gasteiger partial charge >= 0.3 is 0 Å². The van der Waals surface area contributed by atoms with E-state index in [2.05, 4.69) is 10.5 Å². The lowest BCUT2D eigenvalue weighted by molar-refractivity contribution is -0.123. The lowest BCUT2D eigenvalue weighted by Crippen LogP contribution is -2.24. The van der Waals surface area contributed by atoms with Gasteiger partial charge in [-0.3, -0.25) is 4.79 Å². The molecule has 0 aromatic heterocycles. The number of nitrogens with one attached hydrogen (secondary N) is 1. The zero-order valence-corrected chi connectivity index (χ0v) is 14.8. The van der Waals surface area contributed by atoms with Crippen LogP contribution in [0.4, 0.5) is 0 Å². The predicted molar refractivity (Wildman–Crippen MR) is 95.7 cm³/mol. The molecule has 0 spiro atoms. The average Bonchev–Trinajstić information content (AvgIpc) is 2.57. The molecule has 0 aliphatic rings. The number of methoxy groups -OCH3 is 1. The third kappa shape index (κ3) is 5.30. The molecule has 8 heteroatoms. The Balaban J connectivity index is 1.87. The smallest absolute Gasteiger partial charge is 0.277 e. The first-order chi connectivity index (χ1) is 11.5. The maximum absolute atomic E-state index is 11.7. The van der Waals surface area contributed by atoms with E-state index in [4.69, 9.17) is 44.3 Å². The van der Waals surface area contributed by atoms with Crippen LogP contribution < -0.4 is 14.9 Å². The van der Waals surface area contributed by atoms with E-state index in [-0.39, 0.29) is 22.4 Å². The molecule has 0 aliphatic heterocycles. The Morgan fingerprint density at radius 3 is 2.67 bits per heavy atom. The van der Waals surface area contributed by atoms with Crippen LogP contribution in [0, 0.1) is 0 Å². The third-order valence-corrected chi connectivity index (χ3v) is 3.85. The van der Waals surface area contributed by atoms with E-state index in [9.17, 15) is 4.79 Å². The lowest BCUT2D eigenvalue weighted by Gasteiger charge is -2.08. The topological polar surface area (TPSA) is 59.9 Å². The van der Waals surface area contributed by atoms with Crippen LogP contribution in [-0.2, 0) is 4.79 Å². The summed E-state index contributed by atoms with van der Waals surface area (Å²) in [7, 11) is 1.57. The van der Waals surface area contributed by atoms with Gasteiger partial charge in [0.2, 0.25) is 0 Å². The summed E-state index contributed by atoms with van der Waals surface area (Å²) in [6, 6.07) is 10.1. The molecule has 0 unspecified atom stereocenters. The minimum absolute atomic E-state index is 0.261. The predicted octanol–water partition coefficient (Wildman–Crippen LogP) is 4.18. The van der Waals surface area contributed by atoms with Crippen LogP contribution in [0.2, 0.25) is 15.1 Å². The van der Waals surface area contributed by atoms with Crippen molar-refractivity contribution in [1.82, 2.24) is 5.43 Å². The Bertz CT molecular complexity index is 766. The monoisotopic (exact) mass is 386 g/mol. The van der Waals surface area contributed by atoms with Crippen LogP contribution in [0.1, 0.15) is 5.56 Å². The molecule has 0 atom stereocenters. The molecular weight excluding hydrogens is 375 g/mol. The van der Waals surface area contributed by atoms with Gasteiger partial charge < -0.3 is 9.47 Å². The summed E-state index contributed by atoms with van der Waals surface area (Å²) in [5.41, 5.74) is 3.13. The van der Waals surface area contributed by atoms with Gasteiger partial charge in [-0.1, -0.05) is 46.9 Å². The highest BCUT2D eigenvalue weighted by atomic mass is 35.5. The second kappa shape index (κ2) is 8.78. The zero-order valence-electron chi connectivity index (χ0n) is 12.6. The maximum atomic E-state index is 11.7. The minimum Gasteiger partial charge on any atom is -0.497 e. The van der Waals surface area contributed by atoms with Crippen LogP contribution in [-0.4, -0.2) is 25.8 Å². The van der Waals surface area contributed by atoms with E-state index in [0.717, 1.165) is 5.56 Å².